The summed E-state index contributed by atoms with van der Waals surface area (Å²) in [5, 5.41) is 9.50. The van der Waals surface area contributed by atoms with E-state index >= 15 is 0 Å². The van der Waals surface area contributed by atoms with Crippen LogP contribution in [-0.4, -0.2) is 21.8 Å². The molecule has 0 bridgehead atoms. The van der Waals surface area contributed by atoms with Crippen LogP contribution in [0.25, 0.3) is 0 Å². The summed E-state index contributed by atoms with van der Waals surface area (Å²) in [7, 11) is 0. The van der Waals surface area contributed by atoms with Crippen molar-refractivity contribution >= 4 is 29.3 Å². The molecule has 0 amide bonds. The molecule has 0 saturated heterocycles. The molecule has 1 heterocycles. The maximum absolute atomic E-state index is 10.7. The average molecular weight is 272 g/mol. The van der Waals surface area contributed by atoms with Crippen LogP contribution in [-0.2, 0) is 10.5 Å². The molecule has 0 aliphatic heterocycles. The third-order valence-corrected chi connectivity index (χ3v) is 4.47. The number of rotatable bonds is 6. The molecule has 17 heavy (non-hydrogen) atoms. The first kappa shape index (κ1) is 12.7. The summed E-state index contributed by atoms with van der Waals surface area (Å²) in [6, 6.07) is 3.61. The van der Waals surface area contributed by atoms with Gasteiger partial charge in [-0.25, -0.2) is 0 Å². The van der Waals surface area contributed by atoms with Crippen LogP contribution in [0.2, 0.25) is 5.02 Å². The van der Waals surface area contributed by atoms with Crippen molar-refractivity contribution in [2.75, 3.05) is 5.75 Å². The van der Waals surface area contributed by atoms with E-state index in [1.807, 2.05) is 6.07 Å². The van der Waals surface area contributed by atoms with Crippen molar-refractivity contribution in [3.05, 3.63) is 29.0 Å². The van der Waals surface area contributed by atoms with Gasteiger partial charge in [0.25, 0.3) is 0 Å². The van der Waals surface area contributed by atoms with Crippen LogP contribution in [0.15, 0.2) is 18.3 Å². The molecule has 1 aliphatic carbocycles. The molecular formula is C12H14ClNO2S. The van der Waals surface area contributed by atoms with E-state index in [2.05, 4.69) is 4.98 Å². The predicted octanol–water partition coefficient (Wildman–Crippen LogP) is 3.22. The topological polar surface area (TPSA) is 50.2 Å². The minimum atomic E-state index is -0.691. The molecule has 1 aromatic heterocycles. The SMILES string of the molecule is O=C(O)CC1(CSCc2cc(Cl)ccn2)CC1. The van der Waals surface area contributed by atoms with Crippen molar-refractivity contribution in [2.45, 2.75) is 25.0 Å². The molecular weight excluding hydrogens is 258 g/mol. The Balaban J connectivity index is 1.78. The fourth-order valence-corrected chi connectivity index (χ4v) is 3.24. The highest BCUT2D eigenvalue weighted by molar-refractivity contribution is 7.98. The number of carboxylic acids is 1. The van der Waals surface area contributed by atoms with E-state index in [-0.39, 0.29) is 5.41 Å². The Morgan fingerprint density at radius 3 is 2.94 bits per heavy atom. The second kappa shape index (κ2) is 5.27. The summed E-state index contributed by atoms with van der Waals surface area (Å²) < 4.78 is 0. The number of halogens is 1. The first-order valence-corrected chi connectivity index (χ1v) is 7.03. The van der Waals surface area contributed by atoms with Crippen molar-refractivity contribution in [1.29, 1.82) is 0 Å². The van der Waals surface area contributed by atoms with Gasteiger partial charge in [-0.05, 0) is 36.1 Å². The van der Waals surface area contributed by atoms with Gasteiger partial charge in [0, 0.05) is 17.0 Å². The van der Waals surface area contributed by atoms with Gasteiger partial charge < -0.3 is 5.11 Å². The molecule has 1 fully saturated rings. The number of thioether (sulfide) groups is 1. The lowest BCUT2D eigenvalue weighted by Crippen LogP contribution is -2.11. The van der Waals surface area contributed by atoms with Gasteiger partial charge in [0.05, 0.1) is 12.1 Å². The Kier molecular flexibility index (Phi) is 3.94. The van der Waals surface area contributed by atoms with Gasteiger partial charge in [0.15, 0.2) is 0 Å². The number of aliphatic carboxylic acids is 1. The number of hydrogen-bond acceptors (Lipinski definition) is 3. The molecule has 0 aromatic carbocycles. The largest absolute Gasteiger partial charge is 0.481 e. The molecule has 1 aromatic rings. The minimum Gasteiger partial charge on any atom is -0.481 e. The maximum atomic E-state index is 10.7. The Morgan fingerprint density at radius 1 is 1.59 bits per heavy atom. The fraction of sp³-hybridized carbons (Fsp3) is 0.500. The smallest absolute Gasteiger partial charge is 0.303 e. The summed E-state index contributed by atoms with van der Waals surface area (Å²) in [4.78, 5) is 14.9. The van der Waals surface area contributed by atoms with Gasteiger partial charge >= 0.3 is 5.97 Å². The highest BCUT2D eigenvalue weighted by atomic mass is 35.5. The molecule has 1 N–H and O–H groups in total. The number of carboxylic acid groups (broad SMARTS) is 1. The molecule has 0 spiro atoms. The van der Waals surface area contributed by atoms with Crippen LogP contribution in [0.4, 0.5) is 0 Å². The second-order valence-corrected chi connectivity index (χ2v) is 5.95. The summed E-state index contributed by atoms with van der Waals surface area (Å²) in [5.74, 6) is 0.999. The summed E-state index contributed by atoms with van der Waals surface area (Å²) >= 11 is 7.61. The number of aromatic nitrogens is 1. The standard InChI is InChI=1S/C12H14ClNO2S/c13-9-1-4-14-10(5-9)7-17-8-12(2-3-12)6-11(15)16/h1,4-5H,2-3,6-8H2,(H,15,16). The molecule has 92 valence electrons. The monoisotopic (exact) mass is 271 g/mol. The molecule has 1 saturated carbocycles. The van der Waals surface area contributed by atoms with Gasteiger partial charge in [-0.3, -0.25) is 9.78 Å². The highest BCUT2D eigenvalue weighted by Crippen LogP contribution is 2.51. The number of nitrogens with zero attached hydrogens (tertiary/aromatic N) is 1. The quantitative estimate of drug-likeness (QED) is 0.863. The first-order chi connectivity index (χ1) is 8.10. The number of pyridine rings is 1. The van der Waals surface area contributed by atoms with E-state index in [0.717, 1.165) is 30.0 Å². The van der Waals surface area contributed by atoms with E-state index in [4.69, 9.17) is 16.7 Å². The van der Waals surface area contributed by atoms with Crippen LogP contribution in [0.1, 0.15) is 25.0 Å². The van der Waals surface area contributed by atoms with Crippen LogP contribution < -0.4 is 0 Å². The van der Waals surface area contributed by atoms with Gasteiger partial charge in [-0.15, -0.1) is 0 Å². The zero-order valence-corrected chi connectivity index (χ0v) is 10.9. The predicted molar refractivity (Wildman–Crippen MR) is 69.3 cm³/mol. The van der Waals surface area contributed by atoms with E-state index in [0.29, 0.717) is 11.4 Å². The first-order valence-electron chi connectivity index (χ1n) is 5.50. The van der Waals surface area contributed by atoms with Crippen LogP contribution in [0.5, 0.6) is 0 Å². The molecule has 5 heteroatoms. The number of hydrogen-bond donors (Lipinski definition) is 1. The molecule has 2 rings (SSSR count). The van der Waals surface area contributed by atoms with E-state index < -0.39 is 5.97 Å². The highest BCUT2D eigenvalue weighted by Gasteiger charge is 2.43. The lowest BCUT2D eigenvalue weighted by Gasteiger charge is -2.11. The van der Waals surface area contributed by atoms with E-state index in [1.165, 1.54) is 0 Å². The lowest BCUT2D eigenvalue weighted by molar-refractivity contribution is -0.138. The van der Waals surface area contributed by atoms with Crippen molar-refractivity contribution in [3.63, 3.8) is 0 Å². The molecule has 3 nitrogen and oxygen atoms in total. The third kappa shape index (κ3) is 3.89. The van der Waals surface area contributed by atoms with Crippen LogP contribution in [0.3, 0.4) is 0 Å². The van der Waals surface area contributed by atoms with Gasteiger partial charge in [-0.2, -0.15) is 11.8 Å². The molecule has 1 aliphatic rings. The normalized spacial score (nSPS) is 16.8. The van der Waals surface area contributed by atoms with Crippen molar-refractivity contribution in [1.82, 2.24) is 4.98 Å². The zero-order valence-electron chi connectivity index (χ0n) is 9.36. The summed E-state index contributed by atoms with van der Waals surface area (Å²) in [6.45, 7) is 0. The molecule has 0 radical (unpaired) electrons. The van der Waals surface area contributed by atoms with E-state index in [9.17, 15) is 4.79 Å². The van der Waals surface area contributed by atoms with Crippen molar-refractivity contribution < 1.29 is 9.90 Å². The van der Waals surface area contributed by atoms with Crippen molar-refractivity contribution in [2.24, 2.45) is 5.41 Å². The van der Waals surface area contributed by atoms with Crippen LogP contribution in [0, 0.1) is 5.41 Å². The van der Waals surface area contributed by atoms with Crippen LogP contribution >= 0.6 is 23.4 Å². The Morgan fingerprint density at radius 2 is 2.35 bits per heavy atom. The summed E-state index contributed by atoms with van der Waals surface area (Å²) in [6.07, 6.45) is 4.07. The third-order valence-electron chi connectivity index (χ3n) is 2.92. The maximum Gasteiger partial charge on any atom is 0.303 e. The van der Waals surface area contributed by atoms with Gasteiger partial charge in [-0.1, -0.05) is 11.6 Å². The fourth-order valence-electron chi connectivity index (χ4n) is 1.77. The van der Waals surface area contributed by atoms with Gasteiger partial charge in [0.1, 0.15) is 0 Å². The second-order valence-electron chi connectivity index (χ2n) is 4.53. The minimum absolute atomic E-state index is 0.0507. The summed E-state index contributed by atoms with van der Waals surface area (Å²) in [5.41, 5.74) is 1.00. The Hall–Kier alpha value is -0.740. The molecule has 0 atom stereocenters. The van der Waals surface area contributed by atoms with Gasteiger partial charge in [0.2, 0.25) is 0 Å². The lowest BCUT2D eigenvalue weighted by atomic mass is 10.1. The van der Waals surface area contributed by atoms with Crippen molar-refractivity contribution in [3.8, 4) is 0 Å². The number of carbonyl (C=O) groups is 1. The molecule has 0 unspecified atom stereocenters. The Bertz CT molecular complexity index is 421. The Labute approximate surface area is 110 Å². The zero-order chi connectivity index (χ0) is 12.3. The van der Waals surface area contributed by atoms with E-state index in [1.54, 1.807) is 24.0 Å². The average Bonchev–Trinajstić information content (AvgIpc) is 2.97.